The van der Waals surface area contributed by atoms with Gasteiger partial charge in [-0.15, -0.1) is 0 Å². The quantitative estimate of drug-likeness (QED) is 0.896. The molecule has 5 heteroatoms. The Morgan fingerprint density at radius 1 is 1.41 bits per heavy atom. The summed E-state index contributed by atoms with van der Waals surface area (Å²) >= 11 is 1.45. The number of aryl methyl sites for hydroxylation is 1. The summed E-state index contributed by atoms with van der Waals surface area (Å²) in [5, 5.41) is 11.0. The van der Waals surface area contributed by atoms with E-state index in [4.69, 9.17) is 0 Å². The summed E-state index contributed by atoms with van der Waals surface area (Å²) in [4.78, 5) is 6.64. The Hall–Kier alpha value is -0.680. The highest BCUT2D eigenvalue weighted by molar-refractivity contribution is 7.09. The van der Waals surface area contributed by atoms with Gasteiger partial charge in [0, 0.05) is 25.0 Å². The van der Waals surface area contributed by atoms with E-state index in [-0.39, 0.29) is 12.1 Å². The minimum Gasteiger partial charge on any atom is -0.391 e. The molecule has 1 heterocycles. The van der Waals surface area contributed by atoms with Crippen LogP contribution in [0.1, 0.15) is 44.9 Å². The molecule has 96 valence electrons. The second kappa shape index (κ2) is 5.78. The van der Waals surface area contributed by atoms with Gasteiger partial charge in [0.1, 0.15) is 5.82 Å². The highest BCUT2D eigenvalue weighted by Crippen LogP contribution is 2.27. The third kappa shape index (κ3) is 2.96. The molecule has 1 N–H and O–H groups in total. The van der Waals surface area contributed by atoms with E-state index >= 15 is 0 Å². The van der Waals surface area contributed by atoms with Gasteiger partial charge in [-0.25, -0.2) is 4.98 Å². The monoisotopic (exact) mass is 255 g/mol. The number of hydrogen-bond donors (Lipinski definition) is 1. The molecule has 0 spiro atoms. The topological polar surface area (TPSA) is 49.2 Å². The van der Waals surface area contributed by atoms with Gasteiger partial charge in [-0.1, -0.05) is 19.8 Å². The molecule has 0 aliphatic heterocycles. The first-order chi connectivity index (χ1) is 8.22. The Morgan fingerprint density at radius 2 is 2.18 bits per heavy atom. The lowest BCUT2D eigenvalue weighted by Crippen LogP contribution is -2.43. The SMILES string of the molecule is CCCc1nsc(N(C)C2CCCCC2O)n1. The predicted octanol–water partition coefficient (Wildman–Crippen LogP) is 2.23. The summed E-state index contributed by atoms with van der Waals surface area (Å²) in [6, 6.07) is 0.214. The van der Waals surface area contributed by atoms with Crippen molar-refractivity contribution in [2.45, 2.75) is 57.6 Å². The van der Waals surface area contributed by atoms with E-state index in [9.17, 15) is 5.11 Å². The molecule has 0 radical (unpaired) electrons. The van der Waals surface area contributed by atoms with Crippen LogP contribution in [0, 0.1) is 0 Å². The lowest BCUT2D eigenvalue weighted by Gasteiger charge is -2.34. The Bertz CT molecular complexity index is 355. The maximum absolute atomic E-state index is 10.0. The van der Waals surface area contributed by atoms with Gasteiger partial charge in [0.05, 0.1) is 12.1 Å². The normalized spacial score (nSPS) is 24.9. The summed E-state index contributed by atoms with van der Waals surface area (Å²) in [6.45, 7) is 2.13. The summed E-state index contributed by atoms with van der Waals surface area (Å²) in [6.07, 6.45) is 6.11. The molecule has 17 heavy (non-hydrogen) atoms. The van der Waals surface area contributed by atoms with Crippen LogP contribution < -0.4 is 4.90 Å². The molecule has 0 saturated heterocycles. The highest BCUT2D eigenvalue weighted by atomic mass is 32.1. The number of likely N-dealkylation sites (N-methyl/N-ethyl adjacent to an activating group) is 1. The van der Waals surface area contributed by atoms with Crippen LogP contribution in [0.4, 0.5) is 5.13 Å². The van der Waals surface area contributed by atoms with E-state index in [2.05, 4.69) is 21.2 Å². The molecule has 2 rings (SSSR count). The molecule has 1 aromatic heterocycles. The maximum Gasteiger partial charge on any atom is 0.205 e. The van der Waals surface area contributed by atoms with Crippen LogP contribution >= 0.6 is 11.5 Å². The van der Waals surface area contributed by atoms with Crippen LogP contribution in [0.15, 0.2) is 0 Å². The van der Waals surface area contributed by atoms with Crippen molar-refractivity contribution in [2.75, 3.05) is 11.9 Å². The molecule has 1 aliphatic rings. The fourth-order valence-electron chi connectivity index (χ4n) is 2.40. The van der Waals surface area contributed by atoms with Crippen molar-refractivity contribution in [3.63, 3.8) is 0 Å². The Balaban J connectivity index is 2.04. The van der Waals surface area contributed by atoms with Crippen LogP contribution in [-0.2, 0) is 6.42 Å². The van der Waals surface area contributed by atoms with E-state index in [1.807, 2.05) is 7.05 Å². The van der Waals surface area contributed by atoms with Gasteiger partial charge >= 0.3 is 0 Å². The van der Waals surface area contributed by atoms with Crippen molar-refractivity contribution in [2.24, 2.45) is 0 Å². The molecule has 4 nitrogen and oxygen atoms in total. The standard InChI is InChI=1S/C12H21N3OS/c1-3-6-11-13-12(17-14-11)15(2)9-7-4-5-8-10(9)16/h9-10,16H,3-8H2,1-2H3. The summed E-state index contributed by atoms with van der Waals surface area (Å²) in [5.41, 5.74) is 0. The molecule has 2 unspecified atom stereocenters. The van der Waals surface area contributed by atoms with Gasteiger partial charge in [-0.2, -0.15) is 4.37 Å². The molecule has 1 saturated carbocycles. The van der Waals surface area contributed by atoms with Gasteiger partial charge < -0.3 is 10.0 Å². The number of anilines is 1. The van der Waals surface area contributed by atoms with E-state index in [0.29, 0.717) is 0 Å². The first-order valence-corrected chi connectivity index (χ1v) is 7.23. The van der Waals surface area contributed by atoms with Crippen LogP contribution in [0.25, 0.3) is 0 Å². The largest absolute Gasteiger partial charge is 0.391 e. The van der Waals surface area contributed by atoms with Gasteiger partial charge in [0.2, 0.25) is 5.13 Å². The molecule has 1 aliphatic carbocycles. The van der Waals surface area contributed by atoms with Gasteiger partial charge in [0.15, 0.2) is 0 Å². The minimum absolute atomic E-state index is 0.214. The zero-order valence-electron chi connectivity index (χ0n) is 10.6. The highest BCUT2D eigenvalue weighted by Gasteiger charge is 2.28. The molecule has 2 atom stereocenters. The lowest BCUT2D eigenvalue weighted by atomic mass is 9.92. The fraction of sp³-hybridized carbons (Fsp3) is 0.833. The molecule has 0 bridgehead atoms. The first-order valence-electron chi connectivity index (χ1n) is 6.46. The van der Waals surface area contributed by atoms with E-state index in [1.54, 1.807) is 0 Å². The minimum atomic E-state index is -0.215. The van der Waals surface area contributed by atoms with Crippen molar-refractivity contribution in [1.29, 1.82) is 0 Å². The second-order valence-corrected chi connectivity index (χ2v) is 5.50. The summed E-state index contributed by atoms with van der Waals surface area (Å²) in [5.74, 6) is 0.935. The van der Waals surface area contributed by atoms with Crippen LogP contribution in [0.2, 0.25) is 0 Å². The number of aliphatic hydroxyl groups excluding tert-OH is 1. The average molecular weight is 255 g/mol. The average Bonchev–Trinajstić information content (AvgIpc) is 2.78. The zero-order chi connectivity index (χ0) is 12.3. The van der Waals surface area contributed by atoms with Gasteiger partial charge in [0.25, 0.3) is 0 Å². The van der Waals surface area contributed by atoms with Crippen LogP contribution in [0.5, 0.6) is 0 Å². The second-order valence-electron chi connectivity index (χ2n) is 4.77. The Kier molecular flexibility index (Phi) is 4.34. The molecule has 1 fully saturated rings. The Morgan fingerprint density at radius 3 is 2.88 bits per heavy atom. The van der Waals surface area contributed by atoms with E-state index in [0.717, 1.165) is 43.1 Å². The van der Waals surface area contributed by atoms with E-state index < -0.39 is 0 Å². The molecule has 0 amide bonds. The summed E-state index contributed by atoms with van der Waals surface area (Å²) < 4.78 is 4.35. The number of aliphatic hydroxyl groups is 1. The smallest absolute Gasteiger partial charge is 0.205 e. The first kappa shape index (κ1) is 12.8. The van der Waals surface area contributed by atoms with Crippen LogP contribution in [0.3, 0.4) is 0 Å². The Labute approximate surface area is 107 Å². The van der Waals surface area contributed by atoms with Crippen molar-refractivity contribution >= 4 is 16.7 Å². The van der Waals surface area contributed by atoms with Gasteiger partial charge in [-0.05, 0) is 19.3 Å². The maximum atomic E-state index is 10.0. The molecular formula is C12H21N3OS. The number of aromatic nitrogens is 2. The molecular weight excluding hydrogens is 234 g/mol. The fourth-order valence-corrected chi connectivity index (χ4v) is 3.13. The third-order valence-electron chi connectivity index (χ3n) is 3.42. The zero-order valence-corrected chi connectivity index (χ0v) is 11.4. The van der Waals surface area contributed by atoms with Crippen molar-refractivity contribution in [1.82, 2.24) is 9.36 Å². The van der Waals surface area contributed by atoms with Crippen LogP contribution in [-0.4, -0.2) is 33.7 Å². The summed E-state index contributed by atoms with van der Waals surface area (Å²) in [7, 11) is 2.02. The van der Waals surface area contributed by atoms with Gasteiger partial charge in [-0.3, -0.25) is 0 Å². The number of nitrogens with zero attached hydrogens (tertiary/aromatic N) is 3. The van der Waals surface area contributed by atoms with E-state index in [1.165, 1.54) is 18.0 Å². The molecule has 1 aromatic rings. The molecule has 0 aromatic carbocycles. The lowest BCUT2D eigenvalue weighted by molar-refractivity contribution is 0.106. The predicted molar refractivity (Wildman–Crippen MR) is 70.6 cm³/mol. The third-order valence-corrected chi connectivity index (χ3v) is 4.27. The number of rotatable bonds is 4. The number of hydrogen-bond acceptors (Lipinski definition) is 5. The van der Waals surface area contributed by atoms with Crippen molar-refractivity contribution < 1.29 is 5.11 Å². The van der Waals surface area contributed by atoms with Crippen molar-refractivity contribution in [3.8, 4) is 0 Å². The van der Waals surface area contributed by atoms with Crippen molar-refractivity contribution in [3.05, 3.63) is 5.82 Å².